The fourth-order valence-electron chi connectivity index (χ4n) is 3.02. The van der Waals surface area contributed by atoms with E-state index >= 15 is 0 Å². The molecular formula is C15H29NSi. The van der Waals surface area contributed by atoms with Gasteiger partial charge in [-0.15, -0.1) is 0 Å². The standard InChI is InChI=1S/C15H29NSi/c1-9-10(2)12(4)13(11(9)3)14(5,6)15(7,8)16-17/h11,16H,1-8,17H3. The van der Waals surface area contributed by atoms with Gasteiger partial charge in [-0.3, -0.25) is 0 Å². The lowest BCUT2D eigenvalue weighted by molar-refractivity contribution is 0.218. The first-order valence-electron chi connectivity index (χ1n) is 6.65. The molecular weight excluding hydrogens is 222 g/mol. The van der Waals surface area contributed by atoms with Crippen LogP contribution in [0, 0.1) is 11.3 Å². The zero-order valence-electron chi connectivity index (χ0n) is 13.1. The molecule has 0 aliphatic heterocycles. The van der Waals surface area contributed by atoms with Gasteiger partial charge in [-0.1, -0.05) is 31.9 Å². The molecule has 0 aromatic rings. The number of nitrogens with one attached hydrogen (secondary N) is 1. The smallest absolute Gasteiger partial charge is 0.0756 e. The van der Waals surface area contributed by atoms with Crippen molar-refractivity contribution < 1.29 is 0 Å². The van der Waals surface area contributed by atoms with Crippen LogP contribution in [0.2, 0.25) is 0 Å². The second kappa shape index (κ2) is 4.40. The Kier molecular flexibility index (Phi) is 3.81. The maximum Gasteiger partial charge on any atom is 0.0756 e. The molecule has 1 unspecified atom stereocenters. The highest BCUT2D eigenvalue weighted by Gasteiger charge is 2.43. The van der Waals surface area contributed by atoms with Crippen LogP contribution in [0.3, 0.4) is 0 Å². The van der Waals surface area contributed by atoms with E-state index in [4.69, 9.17) is 0 Å². The third-order valence-electron chi connectivity index (χ3n) is 5.50. The summed E-state index contributed by atoms with van der Waals surface area (Å²) in [6.07, 6.45) is 0. The summed E-state index contributed by atoms with van der Waals surface area (Å²) in [7, 11) is 1.04. The maximum atomic E-state index is 3.62. The number of allylic oxidation sites excluding steroid dienone is 3. The fraction of sp³-hybridized carbons (Fsp3) is 0.733. The molecule has 1 N–H and O–H groups in total. The maximum absolute atomic E-state index is 3.62. The van der Waals surface area contributed by atoms with Gasteiger partial charge >= 0.3 is 0 Å². The first-order chi connectivity index (χ1) is 7.58. The largest absolute Gasteiger partial charge is 0.340 e. The fourth-order valence-corrected chi connectivity index (χ4v) is 3.65. The Morgan fingerprint density at radius 1 is 1.00 bits per heavy atom. The summed E-state index contributed by atoms with van der Waals surface area (Å²) in [6, 6.07) is 0. The summed E-state index contributed by atoms with van der Waals surface area (Å²) in [4.78, 5) is 3.62. The van der Waals surface area contributed by atoms with Crippen LogP contribution in [0.4, 0.5) is 0 Å². The minimum Gasteiger partial charge on any atom is -0.340 e. The lowest BCUT2D eigenvalue weighted by atomic mass is 9.66. The van der Waals surface area contributed by atoms with Crippen molar-refractivity contribution in [2.75, 3.05) is 0 Å². The van der Waals surface area contributed by atoms with Crippen LogP contribution in [-0.4, -0.2) is 15.9 Å². The molecule has 0 fully saturated rings. The van der Waals surface area contributed by atoms with Crippen LogP contribution in [0.25, 0.3) is 0 Å². The summed E-state index contributed by atoms with van der Waals surface area (Å²) >= 11 is 0. The molecule has 1 rings (SSSR count). The number of hydrogen-bond donors (Lipinski definition) is 1. The van der Waals surface area contributed by atoms with E-state index in [2.05, 4.69) is 60.4 Å². The molecule has 0 aromatic heterocycles. The van der Waals surface area contributed by atoms with Gasteiger partial charge in [0, 0.05) is 11.0 Å². The third kappa shape index (κ3) is 2.06. The van der Waals surface area contributed by atoms with Crippen molar-refractivity contribution in [3.8, 4) is 0 Å². The highest BCUT2D eigenvalue weighted by atomic mass is 28.2. The van der Waals surface area contributed by atoms with Gasteiger partial charge in [0.25, 0.3) is 0 Å². The molecule has 1 nitrogen and oxygen atoms in total. The van der Waals surface area contributed by atoms with Gasteiger partial charge in [0.1, 0.15) is 0 Å². The van der Waals surface area contributed by atoms with Gasteiger partial charge in [-0.05, 0) is 51.7 Å². The SMILES string of the molecule is CC1=C(C)C(C)C(C(C)(C)C(C)(C)N[SiH3])=C1C. The molecule has 0 heterocycles. The summed E-state index contributed by atoms with van der Waals surface area (Å²) < 4.78 is 0. The topological polar surface area (TPSA) is 12.0 Å². The van der Waals surface area contributed by atoms with Crippen LogP contribution in [0.1, 0.15) is 55.4 Å². The lowest BCUT2D eigenvalue weighted by Gasteiger charge is -2.45. The second-order valence-corrected chi connectivity index (χ2v) is 7.07. The van der Waals surface area contributed by atoms with Gasteiger partial charge < -0.3 is 4.98 Å². The molecule has 98 valence electrons. The van der Waals surface area contributed by atoms with Crippen LogP contribution < -0.4 is 4.98 Å². The molecule has 1 atom stereocenters. The van der Waals surface area contributed by atoms with E-state index in [1.54, 1.807) is 11.1 Å². The Morgan fingerprint density at radius 2 is 1.47 bits per heavy atom. The second-order valence-electron chi connectivity index (χ2n) is 6.57. The van der Waals surface area contributed by atoms with Crippen LogP contribution in [0.5, 0.6) is 0 Å². The van der Waals surface area contributed by atoms with Crippen LogP contribution in [0.15, 0.2) is 22.3 Å². The van der Waals surface area contributed by atoms with E-state index in [-0.39, 0.29) is 11.0 Å². The first kappa shape index (κ1) is 14.7. The molecule has 1 aliphatic rings. The molecule has 0 bridgehead atoms. The molecule has 2 heteroatoms. The summed E-state index contributed by atoms with van der Waals surface area (Å²) in [5.41, 5.74) is 6.55. The van der Waals surface area contributed by atoms with E-state index < -0.39 is 0 Å². The Bertz CT molecular complexity index is 386. The molecule has 0 saturated heterocycles. The van der Waals surface area contributed by atoms with Gasteiger partial charge in [-0.2, -0.15) is 0 Å². The highest BCUT2D eigenvalue weighted by molar-refractivity contribution is 6.05. The first-order valence-corrected chi connectivity index (χ1v) is 7.65. The van der Waals surface area contributed by atoms with E-state index in [0.29, 0.717) is 5.92 Å². The average molecular weight is 251 g/mol. The molecule has 1 aliphatic carbocycles. The zero-order chi connectivity index (χ0) is 13.6. The van der Waals surface area contributed by atoms with Crippen LogP contribution >= 0.6 is 0 Å². The lowest BCUT2D eigenvalue weighted by Crippen LogP contribution is -2.52. The normalized spacial score (nSPS) is 22.9. The Morgan fingerprint density at radius 3 is 1.76 bits per heavy atom. The number of hydrogen-bond acceptors (Lipinski definition) is 1. The summed E-state index contributed by atoms with van der Waals surface area (Å²) in [6.45, 7) is 18.6. The van der Waals surface area contributed by atoms with Crippen molar-refractivity contribution in [3.63, 3.8) is 0 Å². The average Bonchev–Trinajstić information content (AvgIpc) is 2.43. The highest BCUT2D eigenvalue weighted by Crippen LogP contribution is 2.49. The quantitative estimate of drug-likeness (QED) is 0.761. The molecule has 0 spiro atoms. The van der Waals surface area contributed by atoms with Crippen molar-refractivity contribution in [1.29, 1.82) is 0 Å². The van der Waals surface area contributed by atoms with Crippen molar-refractivity contribution in [1.82, 2.24) is 4.98 Å². The molecule has 0 saturated carbocycles. The van der Waals surface area contributed by atoms with Crippen molar-refractivity contribution >= 4 is 10.4 Å². The van der Waals surface area contributed by atoms with Crippen molar-refractivity contribution in [2.45, 2.75) is 60.9 Å². The van der Waals surface area contributed by atoms with Crippen molar-refractivity contribution in [3.05, 3.63) is 22.3 Å². The van der Waals surface area contributed by atoms with Crippen LogP contribution in [-0.2, 0) is 0 Å². The monoisotopic (exact) mass is 251 g/mol. The zero-order valence-corrected chi connectivity index (χ0v) is 15.1. The predicted octanol–water partition coefficient (Wildman–Crippen LogP) is 2.96. The van der Waals surface area contributed by atoms with E-state index in [1.807, 2.05) is 0 Å². The molecule has 17 heavy (non-hydrogen) atoms. The number of rotatable bonds is 3. The minimum absolute atomic E-state index is 0.162. The molecule has 0 radical (unpaired) electrons. The third-order valence-corrected chi connectivity index (χ3v) is 6.75. The van der Waals surface area contributed by atoms with E-state index in [9.17, 15) is 0 Å². The molecule has 0 aromatic carbocycles. The Labute approximate surface area is 110 Å². The summed E-state index contributed by atoms with van der Waals surface area (Å²) in [5.74, 6) is 0.597. The van der Waals surface area contributed by atoms with Gasteiger partial charge in [0.05, 0.1) is 10.4 Å². The minimum atomic E-state index is 0.162. The van der Waals surface area contributed by atoms with Gasteiger partial charge in [-0.25, -0.2) is 0 Å². The van der Waals surface area contributed by atoms with E-state index in [1.165, 1.54) is 11.1 Å². The summed E-state index contributed by atoms with van der Waals surface area (Å²) in [5, 5.41) is 0. The van der Waals surface area contributed by atoms with Crippen molar-refractivity contribution in [2.24, 2.45) is 11.3 Å². The van der Waals surface area contributed by atoms with E-state index in [0.717, 1.165) is 10.4 Å². The predicted molar refractivity (Wildman–Crippen MR) is 81.2 cm³/mol. The molecule has 0 amide bonds. The Balaban J connectivity index is 3.29. The van der Waals surface area contributed by atoms with Gasteiger partial charge in [0.2, 0.25) is 0 Å². The Hall–Kier alpha value is -0.343. The van der Waals surface area contributed by atoms with Gasteiger partial charge in [0.15, 0.2) is 0 Å².